The van der Waals surface area contributed by atoms with E-state index in [1.165, 1.54) is 0 Å². The highest BCUT2D eigenvalue weighted by molar-refractivity contribution is 7.93. The van der Waals surface area contributed by atoms with Crippen molar-refractivity contribution in [3.63, 3.8) is 0 Å². The molecule has 0 amide bonds. The molecule has 0 bridgehead atoms. The molecular formula is C14H14F2N2O2S. The predicted octanol–water partition coefficient (Wildman–Crippen LogP) is 2.24. The second-order valence-corrected chi connectivity index (χ2v) is 6.04. The number of hydrogen-bond acceptors (Lipinski definition) is 2. The first-order valence-corrected chi connectivity index (χ1v) is 7.79. The Bertz CT molecular complexity index is 728. The summed E-state index contributed by atoms with van der Waals surface area (Å²) in [6.07, 6.45) is 0. The van der Waals surface area contributed by atoms with Crippen molar-refractivity contribution in [2.45, 2.75) is 12.3 Å². The van der Waals surface area contributed by atoms with Crippen LogP contribution in [-0.4, -0.2) is 8.42 Å². The normalized spacial score (nSPS) is 11.4. The molecule has 0 saturated carbocycles. The van der Waals surface area contributed by atoms with Crippen LogP contribution in [-0.2, 0) is 22.3 Å². The maximum Gasteiger partial charge on any atom is 0.111 e. The molecule has 2 aromatic carbocycles. The quantitative estimate of drug-likeness (QED) is 0.919. The van der Waals surface area contributed by atoms with E-state index in [2.05, 4.69) is 10.5 Å². The monoisotopic (exact) mass is 312 g/mol. The Labute approximate surface area is 121 Å². The molecule has 0 saturated heterocycles. The fourth-order valence-corrected chi connectivity index (χ4v) is 3.08. The van der Waals surface area contributed by atoms with Gasteiger partial charge in [0.2, 0.25) is 0 Å². The van der Waals surface area contributed by atoms with Crippen LogP contribution < -0.4 is 5.73 Å². The Hall–Kier alpha value is -1.99. The Kier molecular flexibility index (Phi) is 4.54. The minimum atomic E-state index is -4.05. The van der Waals surface area contributed by atoms with Gasteiger partial charge >= 0.3 is 0 Å². The number of quaternary nitrogens is 1. The summed E-state index contributed by atoms with van der Waals surface area (Å²) >= 11 is 0. The lowest BCUT2D eigenvalue weighted by atomic mass is 10.1. The van der Waals surface area contributed by atoms with Gasteiger partial charge < -0.3 is 10.5 Å². The fourth-order valence-electron chi connectivity index (χ4n) is 1.89. The van der Waals surface area contributed by atoms with Crippen LogP contribution in [0.15, 0.2) is 42.5 Å². The lowest BCUT2D eigenvalue weighted by Gasteiger charge is -2.23. The van der Waals surface area contributed by atoms with Gasteiger partial charge in [-0.3, -0.25) is 0 Å². The molecule has 7 heteroatoms. The molecule has 0 atom stereocenters. The van der Waals surface area contributed by atoms with E-state index in [4.69, 9.17) is 0 Å². The van der Waals surface area contributed by atoms with Crippen molar-refractivity contribution in [1.82, 2.24) is 0 Å². The minimum absolute atomic E-state index is 0.416. The molecule has 21 heavy (non-hydrogen) atoms. The van der Waals surface area contributed by atoms with Crippen LogP contribution in [0.1, 0.15) is 11.1 Å². The zero-order chi connectivity index (χ0) is 15.5. The Morgan fingerprint density at radius 1 is 0.952 bits per heavy atom. The largest absolute Gasteiger partial charge is 0.572 e. The van der Waals surface area contributed by atoms with Crippen molar-refractivity contribution < 1.29 is 22.9 Å². The summed E-state index contributed by atoms with van der Waals surface area (Å²) in [7, 11) is -4.05. The average molecular weight is 312 g/mol. The van der Waals surface area contributed by atoms with E-state index >= 15 is 0 Å². The second kappa shape index (κ2) is 6.19. The van der Waals surface area contributed by atoms with Gasteiger partial charge in [-0.05, 0) is 17.7 Å². The summed E-state index contributed by atoms with van der Waals surface area (Å²) in [6, 6.07) is 9.90. The highest BCUT2D eigenvalue weighted by Crippen LogP contribution is 2.31. The molecule has 0 heterocycles. The van der Waals surface area contributed by atoms with Crippen LogP contribution >= 0.6 is 0 Å². The number of sulfonamides is 1. The number of nitrogens with zero attached hydrogens (tertiary/aromatic N) is 1. The van der Waals surface area contributed by atoms with E-state index in [-0.39, 0.29) is 0 Å². The minimum Gasteiger partial charge on any atom is -0.572 e. The molecule has 0 aliphatic carbocycles. The van der Waals surface area contributed by atoms with Crippen LogP contribution in [0, 0.1) is 11.6 Å². The molecule has 2 aromatic rings. The van der Waals surface area contributed by atoms with Crippen LogP contribution in [0.25, 0.3) is 4.72 Å². The van der Waals surface area contributed by atoms with Gasteiger partial charge in [0.15, 0.2) is 0 Å². The zero-order valence-electron chi connectivity index (χ0n) is 11.1. The number of hydrogen-bond donors (Lipinski definition) is 1. The van der Waals surface area contributed by atoms with Gasteiger partial charge in [0.05, 0.1) is 22.3 Å². The molecule has 0 aliphatic heterocycles. The summed E-state index contributed by atoms with van der Waals surface area (Å²) in [5.41, 5.74) is 4.20. The van der Waals surface area contributed by atoms with Crippen molar-refractivity contribution in [2.75, 3.05) is 0 Å². The number of halogens is 2. The molecule has 0 radical (unpaired) electrons. The molecule has 4 nitrogen and oxygen atoms in total. The van der Waals surface area contributed by atoms with Crippen LogP contribution in [0.2, 0.25) is 0 Å². The third kappa shape index (κ3) is 3.77. The van der Waals surface area contributed by atoms with Gasteiger partial charge in [0, 0.05) is 5.56 Å². The zero-order valence-corrected chi connectivity index (χ0v) is 11.9. The first-order chi connectivity index (χ1) is 9.93. The van der Waals surface area contributed by atoms with Crippen LogP contribution in [0.5, 0.6) is 0 Å². The molecule has 0 unspecified atom stereocenters. The summed E-state index contributed by atoms with van der Waals surface area (Å²) in [6.45, 7) is 0.416. The lowest BCUT2D eigenvalue weighted by Crippen LogP contribution is -2.47. The second-order valence-electron chi connectivity index (χ2n) is 4.41. The highest BCUT2D eigenvalue weighted by atomic mass is 32.2. The summed E-state index contributed by atoms with van der Waals surface area (Å²) in [5.74, 6) is -2.44. The van der Waals surface area contributed by atoms with Gasteiger partial charge in [-0.15, -0.1) is 0 Å². The van der Waals surface area contributed by atoms with Crippen molar-refractivity contribution >= 4 is 15.7 Å². The Balaban J connectivity index is 2.27. The first-order valence-electron chi connectivity index (χ1n) is 6.18. The molecule has 2 rings (SSSR count). The predicted molar refractivity (Wildman–Crippen MR) is 75.0 cm³/mol. The topological polar surface area (TPSA) is 75.9 Å². The molecule has 112 valence electrons. The Morgan fingerprint density at radius 2 is 1.52 bits per heavy atom. The molecule has 0 spiro atoms. The summed E-state index contributed by atoms with van der Waals surface area (Å²) < 4.78 is 54.2. The molecule has 0 fully saturated rings. The Morgan fingerprint density at radius 3 is 2.10 bits per heavy atom. The van der Waals surface area contributed by atoms with E-state index in [9.17, 15) is 17.2 Å². The molecule has 0 aliphatic rings. The van der Waals surface area contributed by atoms with Crippen molar-refractivity contribution in [2.24, 2.45) is 0 Å². The maximum atomic E-state index is 13.5. The van der Waals surface area contributed by atoms with Gasteiger partial charge in [-0.2, -0.15) is 0 Å². The maximum absolute atomic E-state index is 13.5. The smallest absolute Gasteiger partial charge is 0.111 e. The van der Waals surface area contributed by atoms with Crippen molar-refractivity contribution in [3.05, 3.63) is 69.9 Å². The van der Waals surface area contributed by atoms with E-state index in [0.717, 1.165) is 23.8 Å². The van der Waals surface area contributed by atoms with Gasteiger partial charge in [0.25, 0.3) is 0 Å². The van der Waals surface area contributed by atoms with Crippen LogP contribution in [0.3, 0.4) is 0 Å². The van der Waals surface area contributed by atoms with Crippen molar-refractivity contribution in [1.29, 1.82) is 0 Å². The van der Waals surface area contributed by atoms with Gasteiger partial charge in [0.1, 0.15) is 11.6 Å². The van der Waals surface area contributed by atoms with Crippen molar-refractivity contribution in [3.8, 4) is 0 Å². The summed E-state index contributed by atoms with van der Waals surface area (Å²) in [5, 5.41) is 0. The number of rotatable bonds is 5. The average Bonchev–Trinajstić information content (AvgIpc) is 2.43. The van der Waals surface area contributed by atoms with E-state index < -0.39 is 33.1 Å². The molecule has 0 aromatic heterocycles. The third-order valence-electron chi connectivity index (χ3n) is 2.89. The third-order valence-corrected chi connectivity index (χ3v) is 4.03. The van der Waals surface area contributed by atoms with E-state index in [1.54, 1.807) is 24.3 Å². The standard InChI is InChI=1S/C14H13F2N2O2S/c15-12-6-3-7-13(16)14(12)18-21(19,20)9-11-5-2-1-4-10(11)8-17/h1-7H,8-9,17H2/q-1/p+1. The lowest BCUT2D eigenvalue weighted by molar-refractivity contribution is -0.386. The molecular weight excluding hydrogens is 298 g/mol. The number of benzene rings is 2. The molecule has 3 N–H and O–H groups in total. The summed E-state index contributed by atoms with van der Waals surface area (Å²) in [4.78, 5) is 0. The fraction of sp³-hybridized carbons (Fsp3) is 0.143. The highest BCUT2D eigenvalue weighted by Gasteiger charge is 2.10. The van der Waals surface area contributed by atoms with Crippen LogP contribution in [0.4, 0.5) is 14.5 Å². The van der Waals surface area contributed by atoms with Gasteiger partial charge in [-0.1, -0.05) is 36.0 Å². The van der Waals surface area contributed by atoms with E-state index in [1.807, 2.05) is 0 Å². The van der Waals surface area contributed by atoms with E-state index in [0.29, 0.717) is 12.1 Å². The first kappa shape index (κ1) is 15.4. The SMILES string of the molecule is [NH3+]Cc1ccccc1CS(=O)(=O)[N-]c1c(F)cccc1F. The van der Waals surface area contributed by atoms with Gasteiger partial charge in [-0.25, -0.2) is 17.2 Å².